The second kappa shape index (κ2) is 3.07. The van der Waals surface area contributed by atoms with Gasteiger partial charge in [0.25, 0.3) is 0 Å². The Kier molecular flexibility index (Phi) is 4.17. The molecule has 0 heterocycles. The molecule has 2 N–H and O–H groups in total. The van der Waals surface area contributed by atoms with Gasteiger partial charge in [0, 0.05) is 0 Å². The van der Waals surface area contributed by atoms with Gasteiger partial charge in [-0.1, -0.05) is 0 Å². The van der Waals surface area contributed by atoms with Crippen LogP contribution >= 0.6 is 0 Å². The summed E-state index contributed by atoms with van der Waals surface area (Å²) in [6, 6.07) is 0. The zero-order chi connectivity index (χ0) is 7.00. The SMILES string of the molecule is CC(C)(O)C(C)(C)O.[LiH]. The van der Waals surface area contributed by atoms with Crippen LogP contribution in [0, 0.1) is 0 Å². The molecule has 0 fully saturated rings. The van der Waals surface area contributed by atoms with Gasteiger partial charge in [0.1, 0.15) is 0 Å². The standard InChI is InChI=1S/C6H14O2.Li.H/c1-5(2,7)6(3,4)8;;/h7-8H,1-4H3;;. The van der Waals surface area contributed by atoms with Gasteiger partial charge in [-0.05, 0) is 27.7 Å². The fourth-order valence-electron chi connectivity index (χ4n) is 0. The first-order valence-electron chi connectivity index (χ1n) is 2.70. The summed E-state index contributed by atoms with van der Waals surface area (Å²) < 4.78 is 0. The van der Waals surface area contributed by atoms with E-state index in [9.17, 15) is 0 Å². The summed E-state index contributed by atoms with van der Waals surface area (Å²) in [5.74, 6) is 0. The zero-order valence-electron chi connectivity index (χ0n) is 5.89. The Morgan fingerprint density at radius 1 is 0.778 bits per heavy atom. The van der Waals surface area contributed by atoms with Crippen LogP contribution in [0.25, 0.3) is 0 Å². The Bertz CT molecular complexity index is 66.0. The molecule has 9 heavy (non-hydrogen) atoms. The van der Waals surface area contributed by atoms with Gasteiger partial charge in [-0.2, -0.15) is 0 Å². The van der Waals surface area contributed by atoms with Crippen LogP contribution in [0.3, 0.4) is 0 Å². The summed E-state index contributed by atoms with van der Waals surface area (Å²) in [6.07, 6.45) is 0. The third-order valence-electron chi connectivity index (χ3n) is 1.50. The molecule has 3 heteroatoms. The van der Waals surface area contributed by atoms with Crippen LogP contribution in [0.4, 0.5) is 0 Å². The van der Waals surface area contributed by atoms with E-state index < -0.39 is 11.2 Å². The first-order chi connectivity index (χ1) is 3.25. The van der Waals surface area contributed by atoms with Gasteiger partial charge in [-0.15, -0.1) is 0 Å². The predicted molar refractivity (Wildman–Crippen MR) is 39.7 cm³/mol. The van der Waals surface area contributed by atoms with Crippen LogP contribution in [0.5, 0.6) is 0 Å². The molecule has 0 spiro atoms. The van der Waals surface area contributed by atoms with Crippen LogP contribution in [-0.4, -0.2) is 40.3 Å². The average Bonchev–Trinajstić information content (AvgIpc) is 1.25. The summed E-state index contributed by atoms with van der Waals surface area (Å²) in [5, 5.41) is 18.2. The van der Waals surface area contributed by atoms with Crippen LogP contribution in [0.2, 0.25) is 0 Å². The number of hydrogen-bond donors (Lipinski definition) is 2. The molecule has 0 saturated carbocycles. The van der Waals surface area contributed by atoms with Gasteiger partial charge in [0.2, 0.25) is 0 Å². The van der Waals surface area contributed by atoms with Crippen molar-refractivity contribution in [2.24, 2.45) is 0 Å². The zero-order valence-corrected chi connectivity index (χ0v) is 5.89. The second-order valence-electron chi connectivity index (χ2n) is 3.12. The van der Waals surface area contributed by atoms with E-state index in [4.69, 9.17) is 10.2 Å². The van der Waals surface area contributed by atoms with Crippen molar-refractivity contribution in [1.82, 2.24) is 0 Å². The van der Waals surface area contributed by atoms with Crippen molar-refractivity contribution >= 4 is 18.9 Å². The number of hydrogen-bond acceptors (Lipinski definition) is 2. The molecule has 0 aliphatic heterocycles. The van der Waals surface area contributed by atoms with Crippen LogP contribution < -0.4 is 0 Å². The van der Waals surface area contributed by atoms with Crippen LogP contribution in [0.15, 0.2) is 0 Å². The first-order valence-corrected chi connectivity index (χ1v) is 2.70. The topological polar surface area (TPSA) is 40.5 Å². The monoisotopic (exact) mass is 126 g/mol. The van der Waals surface area contributed by atoms with Crippen molar-refractivity contribution in [2.75, 3.05) is 0 Å². The van der Waals surface area contributed by atoms with E-state index in [1.54, 1.807) is 27.7 Å². The summed E-state index contributed by atoms with van der Waals surface area (Å²) in [4.78, 5) is 0. The Labute approximate surface area is 68.4 Å². The van der Waals surface area contributed by atoms with Crippen molar-refractivity contribution < 1.29 is 10.2 Å². The quantitative estimate of drug-likeness (QED) is 0.481. The molecule has 0 aliphatic carbocycles. The van der Waals surface area contributed by atoms with E-state index >= 15 is 0 Å². The third-order valence-corrected chi connectivity index (χ3v) is 1.50. The molecule has 0 aromatic rings. The predicted octanol–water partition coefficient (Wildman–Crippen LogP) is -0.120. The van der Waals surface area contributed by atoms with Gasteiger partial charge in [0.05, 0.1) is 11.2 Å². The molecular formula is C6H15LiO2. The summed E-state index contributed by atoms with van der Waals surface area (Å²) in [5.41, 5.74) is -2.01. The van der Waals surface area contributed by atoms with Crippen molar-refractivity contribution in [2.45, 2.75) is 38.9 Å². The molecule has 2 nitrogen and oxygen atoms in total. The molecule has 0 bridgehead atoms. The first kappa shape index (κ1) is 12.2. The van der Waals surface area contributed by atoms with E-state index in [0.717, 1.165) is 0 Å². The van der Waals surface area contributed by atoms with Crippen LogP contribution in [0.1, 0.15) is 27.7 Å². The van der Waals surface area contributed by atoms with E-state index in [-0.39, 0.29) is 18.9 Å². The Balaban J connectivity index is 0. The van der Waals surface area contributed by atoms with Gasteiger partial charge < -0.3 is 10.2 Å². The van der Waals surface area contributed by atoms with Crippen molar-refractivity contribution in [3.8, 4) is 0 Å². The van der Waals surface area contributed by atoms with E-state index in [2.05, 4.69) is 0 Å². The summed E-state index contributed by atoms with van der Waals surface area (Å²) in [7, 11) is 0. The summed E-state index contributed by atoms with van der Waals surface area (Å²) >= 11 is 0. The van der Waals surface area contributed by atoms with Crippen LogP contribution in [-0.2, 0) is 0 Å². The van der Waals surface area contributed by atoms with E-state index in [0.29, 0.717) is 0 Å². The molecule has 0 aliphatic rings. The minimum atomic E-state index is -1.01. The molecule has 52 valence electrons. The summed E-state index contributed by atoms with van der Waals surface area (Å²) in [6.45, 7) is 6.31. The maximum absolute atomic E-state index is 9.10. The van der Waals surface area contributed by atoms with Gasteiger partial charge in [-0.25, -0.2) is 0 Å². The molecule has 0 unspecified atom stereocenters. The molecule has 0 amide bonds. The molecule has 0 aromatic carbocycles. The van der Waals surface area contributed by atoms with Gasteiger partial charge >= 0.3 is 18.9 Å². The molecule has 0 aromatic heterocycles. The third kappa shape index (κ3) is 3.99. The molecule has 0 rings (SSSR count). The fourth-order valence-corrected chi connectivity index (χ4v) is 0. The van der Waals surface area contributed by atoms with Crippen molar-refractivity contribution in [3.63, 3.8) is 0 Å². The van der Waals surface area contributed by atoms with Crippen molar-refractivity contribution in [1.29, 1.82) is 0 Å². The van der Waals surface area contributed by atoms with E-state index in [1.165, 1.54) is 0 Å². The molecule has 0 saturated heterocycles. The Hall–Kier alpha value is 0.517. The molecular weight excluding hydrogens is 111 g/mol. The molecule has 0 radical (unpaired) electrons. The Morgan fingerprint density at radius 2 is 0.889 bits per heavy atom. The normalized spacial score (nSPS) is 12.7. The molecule has 0 atom stereocenters. The number of rotatable bonds is 1. The van der Waals surface area contributed by atoms with Crippen molar-refractivity contribution in [3.05, 3.63) is 0 Å². The maximum atomic E-state index is 9.10. The van der Waals surface area contributed by atoms with Gasteiger partial charge in [0.15, 0.2) is 0 Å². The fraction of sp³-hybridized carbons (Fsp3) is 1.00. The second-order valence-corrected chi connectivity index (χ2v) is 3.12. The Morgan fingerprint density at radius 3 is 0.889 bits per heavy atom. The average molecular weight is 126 g/mol. The van der Waals surface area contributed by atoms with E-state index in [1.807, 2.05) is 0 Å². The number of aliphatic hydroxyl groups is 2. The van der Waals surface area contributed by atoms with Gasteiger partial charge in [-0.3, -0.25) is 0 Å². The minimum absolute atomic E-state index is 0.